The molecule has 0 aliphatic rings. The van der Waals surface area contributed by atoms with Gasteiger partial charge in [-0.15, -0.1) is 0 Å². The minimum atomic E-state index is -1.97. The Bertz CT molecular complexity index is 246. The Labute approximate surface area is 118 Å². The van der Waals surface area contributed by atoms with Crippen LogP contribution >= 0.6 is 0 Å². The standard InChI is InChI=1S/C15H36OSi2/c1-13(2,3)18(14(4,5)6,15(7,8)9)16-17(10,11)12/h1-12H3. The fraction of sp³-hybridized carbons (Fsp3) is 1.00. The number of rotatable bonds is 2. The van der Waals surface area contributed by atoms with Crippen LogP contribution in [0, 0.1) is 0 Å². The highest BCUT2D eigenvalue weighted by molar-refractivity contribution is 6.90. The largest absolute Gasteiger partial charge is 0.454 e. The molecule has 0 fully saturated rings. The van der Waals surface area contributed by atoms with Crippen LogP contribution in [-0.4, -0.2) is 16.6 Å². The lowest BCUT2D eigenvalue weighted by molar-refractivity contribution is 0.370. The van der Waals surface area contributed by atoms with Crippen LogP contribution in [0.25, 0.3) is 0 Å². The second kappa shape index (κ2) is 4.74. The molecule has 0 unspecified atom stereocenters. The molecule has 0 radical (unpaired) electrons. The van der Waals surface area contributed by atoms with Crippen LogP contribution in [0.3, 0.4) is 0 Å². The van der Waals surface area contributed by atoms with Gasteiger partial charge in [0.1, 0.15) is 0 Å². The molecule has 0 aromatic carbocycles. The van der Waals surface area contributed by atoms with E-state index >= 15 is 0 Å². The van der Waals surface area contributed by atoms with Crippen molar-refractivity contribution in [3.05, 3.63) is 0 Å². The van der Waals surface area contributed by atoms with Gasteiger partial charge in [0, 0.05) is 0 Å². The molecule has 0 amide bonds. The number of hydrogen-bond acceptors (Lipinski definition) is 1. The summed E-state index contributed by atoms with van der Waals surface area (Å²) in [5.74, 6) is 0. The molecule has 0 spiro atoms. The molecule has 0 bridgehead atoms. The lowest BCUT2D eigenvalue weighted by Crippen LogP contribution is -2.64. The summed E-state index contributed by atoms with van der Waals surface area (Å²) in [4.78, 5) is 0. The van der Waals surface area contributed by atoms with Gasteiger partial charge in [-0.3, -0.25) is 0 Å². The molecule has 1 nitrogen and oxygen atoms in total. The molecule has 0 heterocycles. The van der Waals surface area contributed by atoms with Crippen molar-refractivity contribution in [2.75, 3.05) is 0 Å². The molecule has 0 aromatic heterocycles. The van der Waals surface area contributed by atoms with Crippen molar-refractivity contribution in [1.29, 1.82) is 0 Å². The first-order valence-corrected chi connectivity index (χ1v) is 12.5. The van der Waals surface area contributed by atoms with E-state index in [0.29, 0.717) is 0 Å². The van der Waals surface area contributed by atoms with Gasteiger partial charge in [-0.2, -0.15) is 0 Å². The zero-order valence-corrected chi connectivity index (χ0v) is 16.9. The molecular weight excluding hydrogens is 252 g/mol. The second-order valence-electron chi connectivity index (χ2n) is 9.65. The predicted molar refractivity (Wildman–Crippen MR) is 89.3 cm³/mol. The van der Waals surface area contributed by atoms with E-state index in [1.165, 1.54) is 0 Å². The van der Waals surface area contributed by atoms with E-state index in [9.17, 15) is 0 Å². The third-order valence-electron chi connectivity index (χ3n) is 3.63. The first-order valence-electron chi connectivity index (χ1n) is 7.16. The SMILES string of the molecule is CC(C)(C)[Si](O[Si](C)(C)C)(C(C)(C)C)C(C)(C)C. The molecule has 3 heteroatoms. The van der Waals surface area contributed by atoms with Crippen LogP contribution in [0.2, 0.25) is 34.8 Å². The van der Waals surface area contributed by atoms with E-state index in [-0.39, 0.29) is 15.1 Å². The lowest BCUT2D eigenvalue weighted by Gasteiger charge is -2.60. The molecular formula is C15H36OSi2. The molecule has 0 atom stereocenters. The van der Waals surface area contributed by atoms with Crippen molar-refractivity contribution in [2.45, 2.75) is 97.1 Å². The molecule has 110 valence electrons. The van der Waals surface area contributed by atoms with Crippen LogP contribution in [0.15, 0.2) is 0 Å². The van der Waals surface area contributed by atoms with Crippen LogP contribution in [0.4, 0.5) is 0 Å². The summed E-state index contributed by atoms with van der Waals surface area (Å²) >= 11 is 0. The molecule has 0 aliphatic carbocycles. The van der Waals surface area contributed by atoms with E-state index < -0.39 is 16.6 Å². The minimum absolute atomic E-state index is 0.240. The molecule has 0 aromatic rings. The van der Waals surface area contributed by atoms with Crippen molar-refractivity contribution >= 4 is 16.6 Å². The maximum Gasteiger partial charge on any atom is 0.196 e. The van der Waals surface area contributed by atoms with Crippen molar-refractivity contribution in [2.24, 2.45) is 0 Å². The maximum atomic E-state index is 7.00. The van der Waals surface area contributed by atoms with Crippen molar-refractivity contribution in [3.8, 4) is 0 Å². The van der Waals surface area contributed by atoms with Crippen LogP contribution in [-0.2, 0) is 4.12 Å². The lowest BCUT2D eigenvalue weighted by atomic mass is 10.2. The Morgan fingerprint density at radius 2 is 0.778 bits per heavy atom. The summed E-state index contributed by atoms with van der Waals surface area (Å²) in [7, 11) is -3.53. The van der Waals surface area contributed by atoms with Crippen LogP contribution in [0.5, 0.6) is 0 Å². The van der Waals surface area contributed by atoms with E-state index in [1.54, 1.807) is 0 Å². The van der Waals surface area contributed by atoms with Gasteiger partial charge in [-0.05, 0) is 34.8 Å². The summed E-state index contributed by atoms with van der Waals surface area (Å²) in [6, 6.07) is 0. The highest BCUT2D eigenvalue weighted by Gasteiger charge is 2.62. The smallest absolute Gasteiger partial charge is 0.196 e. The molecule has 0 rings (SSSR count). The summed E-state index contributed by atoms with van der Waals surface area (Å²) in [5.41, 5.74) is 0. The van der Waals surface area contributed by atoms with Crippen LogP contribution < -0.4 is 0 Å². The normalized spacial score (nSPS) is 16.0. The van der Waals surface area contributed by atoms with Gasteiger partial charge in [0.05, 0.1) is 0 Å². The average Bonchev–Trinajstić information content (AvgIpc) is 1.90. The molecule has 0 N–H and O–H groups in total. The Morgan fingerprint density at radius 1 is 0.556 bits per heavy atom. The van der Waals surface area contributed by atoms with Crippen molar-refractivity contribution < 1.29 is 4.12 Å². The highest BCUT2D eigenvalue weighted by atomic mass is 28.4. The van der Waals surface area contributed by atoms with Gasteiger partial charge in [0.2, 0.25) is 0 Å². The Kier molecular flexibility index (Phi) is 4.85. The fourth-order valence-corrected chi connectivity index (χ4v) is 18.4. The summed E-state index contributed by atoms with van der Waals surface area (Å²) in [6.45, 7) is 28.5. The van der Waals surface area contributed by atoms with E-state index in [1.807, 2.05) is 0 Å². The van der Waals surface area contributed by atoms with E-state index in [2.05, 4.69) is 82.0 Å². The van der Waals surface area contributed by atoms with Gasteiger partial charge in [0.15, 0.2) is 16.6 Å². The van der Waals surface area contributed by atoms with Crippen molar-refractivity contribution in [3.63, 3.8) is 0 Å². The fourth-order valence-electron chi connectivity index (χ4n) is 4.29. The van der Waals surface area contributed by atoms with Crippen LogP contribution in [0.1, 0.15) is 62.3 Å². The van der Waals surface area contributed by atoms with Crippen molar-refractivity contribution in [1.82, 2.24) is 0 Å². The van der Waals surface area contributed by atoms with Gasteiger partial charge >= 0.3 is 0 Å². The minimum Gasteiger partial charge on any atom is -0.454 e. The first kappa shape index (κ1) is 18.4. The predicted octanol–water partition coefficient (Wildman–Crippen LogP) is 6.18. The third-order valence-corrected chi connectivity index (χ3v) is 13.6. The topological polar surface area (TPSA) is 9.23 Å². The average molecular weight is 289 g/mol. The molecule has 0 aliphatic heterocycles. The number of hydrogen-bond donors (Lipinski definition) is 0. The zero-order valence-electron chi connectivity index (χ0n) is 14.9. The molecule has 0 saturated heterocycles. The summed E-state index contributed by atoms with van der Waals surface area (Å²) < 4.78 is 7.00. The van der Waals surface area contributed by atoms with Gasteiger partial charge < -0.3 is 4.12 Å². The molecule has 18 heavy (non-hydrogen) atoms. The quantitative estimate of drug-likeness (QED) is 0.551. The van der Waals surface area contributed by atoms with E-state index in [4.69, 9.17) is 4.12 Å². The zero-order chi connectivity index (χ0) is 15.2. The maximum absolute atomic E-state index is 7.00. The Hall–Kier alpha value is 0.394. The van der Waals surface area contributed by atoms with Gasteiger partial charge in [0.25, 0.3) is 0 Å². The summed E-state index contributed by atoms with van der Waals surface area (Å²) in [5, 5.41) is 0.720. The highest BCUT2D eigenvalue weighted by Crippen LogP contribution is 2.63. The Morgan fingerprint density at radius 3 is 0.833 bits per heavy atom. The Balaban J connectivity index is 6.10. The van der Waals surface area contributed by atoms with E-state index in [0.717, 1.165) is 0 Å². The third kappa shape index (κ3) is 3.48. The van der Waals surface area contributed by atoms with Gasteiger partial charge in [-0.1, -0.05) is 62.3 Å². The summed E-state index contributed by atoms with van der Waals surface area (Å²) in [6.07, 6.45) is 0. The van der Waals surface area contributed by atoms with Gasteiger partial charge in [-0.25, -0.2) is 0 Å². The molecule has 0 saturated carbocycles. The second-order valence-corrected chi connectivity index (χ2v) is 20.5. The monoisotopic (exact) mass is 288 g/mol. The first-order chi connectivity index (χ1) is 7.46.